The number of hydrogen-bond donors (Lipinski definition) is 1. The molecule has 0 aromatic carbocycles. The summed E-state index contributed by atoms with van der Waals surface area (Å²) in [6.45, 7) is 7.17. The smallest absolute Gasteiger partial charge is 0.131 e. The van der Waals surface area contributed by atoms with Gasteiger partial charge in [0, 0.05) is 23.8 Å². The molecule has 1 aromatic heterocycles. The lowest BCUT2D eigenvalue weighted by atomic mass is 9.90. The Labute approximate surface area is 105 Å². The second-order valence-corrected chi connectivity index (χ2v) is 5.90. The van der Waals surface area contributed by atoms with Gasteiger partial charge < -0.3 is 10.6 Å². The van der Waals surface area contributed by atoms with Crippen LogP contribution in [0.25, 0.3) is 0 Å². The fraction of sp³-hybridized carbons (Fsp3) is 0.583. The fourth-order valence-corrected chi connectivity index (χ4v) is 2.68. The molecule has 1 aliphatic heterocycles. The molecular weight excluding hydrogens is 266 g/mol. The maximum atomic E-state index is 5.82. The molecule has 2 N–H and O–H groups in total. The van der Waals surface area contributed by atoms with Gasteiger partial charge in [-0.05, 0) is 52.9 Å². The standard InChI is InChI=1S/C12H18BrN3/c1-9-5-10(13)6-15-11(9)16-4-3-12(2,7-14)8-16/h5-6H,3-4,7-8,14H2,1-2H3. The van der Waals surface area contributed by atoms with Crippen molar-refractivity contribution in [2.45, 2.75) is 20.3 Å². The van der Waals surface area contributed by atoms with Crippen LogP contribution < -0.4 is 10.6 Å². The number of rotatable bonds is 2. The highest BCUT2D eigenvalue weighted by atomic mass is 79.9. The zero-order valence-electron chi connectivity index (χ0n) is 9.83. The lowest BCUT2D eigenvalue weighted by Crippen LogP contribution is -2.31. The number of anilines is 1. The van der Waals surface area contributed by atoms with E-state index >= 15 is 0 Å². The van der Waals surface area contributed by atoms with Crippen LogP contribution >= 0.6 is 15.9 Å². The Balaban J connectivity index is 2.21. The van der Waals surface area contributed by atoms with Gasteiger partial charge in [0.2, 0.25) is 0 Å². The van der Waals surface area contributed by atoms with Crippen molar-refractivity contribution in [1.29, 1.82) is 0 Å². The zero-order valence-corrected chi connectivity index (χ0v) is 11.4. The van der Waals surface area contributed by atoms with Crippen LogP contribution in [0.4, 0.5) is 5.82 Å². The summed E-state index contributed by atoms with van der Waals surface area (Å²) in [4.78, 5) is 6.84. The van der Waals surface area contributed by atoms with Gasteiger partial charge in [-0.15, -0.1) is 0 Å². The first-order valence-corrected chi connectivity index (χ1v) is 6.40. The molecule has 0 saturated carbocycles. The highest BCUT2D eigenvalue weighted by Gasteiger charge is 2.33. The van der Waals surface area contributed by atoms with E-state index in [0.29, 0.717) is 0 Å². The summed E-state index contributed by atoms with van der Waals surface area (Å²) < 4.78 is 1.04. The zero-order chi connectivity index (χ0) is 11.8. The Morgan fingerprint density at radius 3 is 2.94 bits per heavy atom. The van der Waals surface area contributed by atoms with Crippen LogP contribution in [0.1, 0.15) is 18.9 Å². The van der Waals surface area contributed by atoms with E-state index in [0.717, 1.165) is 36.3 Å². The molecule has 4 heteroatoms. The molecule has 3 nitrogen and oxygen atoms in total. The molecule has 16 heavy (non-hydrogen) atoms. The summed E-state index contributed by atoms with van der Waals surface area (Å²) in [6, 6.07) is 2.11. The summed E-state index contributed by atoms with van der Waals surface area (Å²) >= 11 is 3.44. The van der Waals surface area contributed by atoms with Gasteiger partial charge in [0.05, 0.1) is 0 Å². The van der Waals surface area contributed by atoms with E-state index in [1.54, 1.807) is 0 Å². The third kappa shape index (κ3) is 2.23. The summed E-state index contributed by atoms with van der Waals surface area (Å²) in [5.41, 5.74) is 7.29. The molecule has 1 unspecified atom stereocenters. The van der Waals surface area contributed by atoms with Crippen molar-refractivity contribution >= 4 is 21.7 Å². The molecule has 1 saturated heterocycles. The topological polar surface area (TPSA) is 42.2 Å². The first kappa shape index (κ1) is 11.9. The summed E-state index contributed by atoms with van der Waals surface area (Å²) in [6.07, 6.45) is 3.02. The van der Waals surface area contributed by atoms with Crippen LogP contribution in [0, 0.1) is 12.3 Å². The molecule has 2 rings (SSSR count). The van der Waals surface area contributed by atoms with E-state index in [-0.39, 0.29) is 5.41 Å². The van der Waals surface area contributed by atoms with Gasteiger partial charge in [-0.1, -0.05) is 6.92 Å². The molecule has 1 aliphatic rings. The molecule has 1 aromatic rings. The van der Waals surface area contributed by atoms with Gasteiger partial charge in [0.25, 0.3) is 0 Å². The number of nitrogens with two attached hydrogens (primary N) is 1. The number of aryl methyl sites for hydroxylation is 1. The Morgan fingerprint density at radius 1 is 1.62 bits per heavy atom. The number of halogens is 1. The van der Waals surface area contributed by atoms with Crippen LogP contribution in [0.15, 0.2) is 16.7 Å². The highest BCUT2D eigenvalue weighted by Crippen LogP contribution is 2.33. The second kappa shape index (κ2) is 4.34. The fourth-order valence-electron chi connectivity index (χ4n) is 2.24. The number of aromatic nitrogens is 1. The van der Waals surface area contributed by atoms with Crippen LogP contribution in [0.2, 0.25) is 0 Å². The van der Waals surface area contributed by atoms with E-state index in [2.05, 4.69) is 45.7 Å². The number of pyridine rings is 1. The minimum atomic E-state index is 0.251. The van der Waals surface area contributed by atoms with E-state index in [9.17, 15) is 0 Å². The molecule has 88 valence electrons. The van der Waals surface area contributed by atoms with Crippen molar-refractivity contribution < 1.29 is 0 Å². The SMILES string of the molecule is Cc1cc(Br)cnc1N1CCC(C)(CN)C1. The second-order valence-electron chi connectivity index (χ2n) is 4.98. The maximum absolute atomic E-state index is 5.82. The lowest BCUT2D eigenvalue weighted by Gasteiger charge is -2.24. The molecule has 0 amide bonds. The Morgan fingerprint density at radius 2 is 2.38 bits per heavy atom. The molecule has 0 bridgehead atoms. The van der Waals surface area contributed by atoms with E-state index < -0.39 is 0 Å². The minimum Gasteiger partial charge on any atom is -0.356 e. The Kier molecular flexibility index (Phi) is 3.22. The van der Waals surface area contributed by atoms with Crippen LogP contribution in [0.5, 0.6) is 0 Å². The van der Waals surface area contributed by atoms with Gasteiger partial charge >= 0.3 is 0 Å². The molecule has 2 heterocycles. The summed E-state index contributed by atoms with van der Waals surface area (Å²) in [7, 11) is 0. The van der Waals surface area contributed by atoms with Crippen LogP contribution in [-0.2, 0) is 0 Å². The monoisotopic (exact) mass is 283 g/mol. The molecule has 0 radical (unpaired) electrons. The predicted molar refractivity (Wildman–Crippen MR) is 70.7 cm³/mol. The quantitative estimate of drug-likeness (QED) is 0.906. The van der Waals surface area contributed by atoms with E-state index in [1.807, 2.05) is 6.20 Å². The largest absolute Gasteiger partial charge is 0.356 e. The maximum Gasteiger partial charge on any atom is 0.131 e. The average molecular weight is 284 g/mol. The Bertz CT molecular complexity index is 394. The number of hydrogen-bond acceptors (Lipinski definition) is 3. The highest BCUT2D eigenvalue weighted by molar-refractivity contribution is 9.10. The molecule has 1 fully saturated rings. The van der Waals surface area contributed by atoms with Crippen molar-refractivity contribution in [3.05, 3.63) is 22.3 Å². The van der Waals surface area contributed by atoms with Gasteiger partial charge in [-0.25, -0.2) is 4.98 Å². The molecule has 1 atom stereocenters. The van der Waals surface area contributed by atoms with Gasteiger partial charge in [-0.2, -0.15) is 0 Å². The van der Waals surface area contributed by atoms with Gasteiger partial charge in [0.15, 0.2) is 0 Å². The lowest BCUT2D eigenvalue weighted by molar-refractivity contribution is 0.383. The average Bonchev–Trinajstić information content (AvgIpc) is 2.62. The van der Waals surface area contributed by atoms with E-state index in [4.69, 9.17) is 5.73 Å². The summed E-state index contributed by atoms with van der Waals surface area (Å²) in [5.74, 6) is 1.10. The van der Waals surface area contributed by atoms with Gasteiger partial charge in [-0.3, -0.25) is 0 Å². The van der Waals surface area contributed by atoms with Crippen LogP contribution in [0.3, 0.4) is 0 Å². The third-order valence-electron chi connectivity index (χ3n) is 3.37. The van der Waals surface area contributed by atoms with Crippen molar-refractivity contribution in [3.63, 3.8) is 0 Å². The van der Waals surface area contributed by atoms with Crippen molar-refractivity contribution in [2.75, 3.05) is 24.5 Å². The van der Waals surface area contributed by atoms with Crippen LogP contribution in [-0.4, -0.2) is 24.6 Å². The summed E-state index contributed by atoms with van der Waals surface area (Å²) in [5, 5.41) is 0. The van der Waals surface area contributed by atoms with Crippen molar-refractivity contribution in [1.82, 2.24) is 4.98 Å². The predicted octanol–water partition coefficient (Wildman–Crippen LogP) is 2.33. The van der Waals surface area contributed by atoms with Crippen molar-refractivity contribution in [3.8, 4) is 0 Å². The third-order valence-corrected chi connectivity index (χ3v) is 3.80. The number of nitrogens with zero attached hydrogens (tertiary/aromatic N) is 2. The molecular formula is C12H18BrN3. The molecule has 0 aliphatic carbocycles. The molecule has 0 spiro atoms. The van der Waals surface area contributed by atoms with Gasteiger partial charge in [0.1, 0.15) is 5.82 Å². The first-order valence-electron chi connectivity index (χ1n) is 5.61. The Hall–Kier alpha value is -0.610. The minimum absolute atomic E-state index is 0.251. The normalized spacial score (nSPS) is 25.1. The van der Waals surface area contributed by atoms with Crippen molar-refractivity contribution in [2.24, 2.45) is 11.1 Å². The van der Waals surface area contributed by atoms with E-state index in [1.165, 1.54) is 5.56 Å². The first-order chi connectivity index (χ1) is 7.54.